The first-order valence-electron chi connectivity index (χ1n) is 3.79. The molecule has 0 spiro atoms. The monoisotopic (exact) mass is 146 g/mol. The molecule has 0 bridgehead atoms. The Kier molecular flexibility index (Phi) is 1.74. The lowest BCUT2D eigenvalue weighted by atomic mass is 10.1. The highest BCUT2D eigenvalue weighted by Gasteiger charge is 2.05. The van der Waals surface area contributed by atoms with Gasteiger partial charge >= 0.3 is 0 Å². The van der Waals surface area contributed by atoms with E-state index in [9.17, 15) is 0 Å². The zero-order chi connectivity index (χ0) is 7.52. The topological polar surface area (TPSA) is 9.23 Å². The molecule has 0 radical (unpaired) electrons. The van der Waals surface area contributed by atoms with Crippen LogP contribution in [0.5, 0.6) is 0 Å². The second-order valence-corrected chi connectivity index (χ2v) is 2.61. The minimum absolute atomic E-state index is 0.768. The average Bonchev–Trinajstić information content (AvgIpc) is 2.58. The molecule has 0 fully saturated rings. The summed E-state index contributed by atoms with van der Waals surface area (Å²) in [5, 5.41) is 0. The molecule has 0 unspecified atom stereocenters. The zero-order valence-corrected chi connectivity index (χ0v) is 6.29. The van der Waals surface area contributed by atoms with E-state index in [2.05, 4.69) is 30.3 Å². The van der Waals surface area contributed by atoms with Gasteiger partial charge in [0, 0.05) is 0 Å². The molecule has 0 saturated heterocycles. The van der Waals surface area contributed by atoms with Gasteiger partial charge in [-0.15, -0.1) is 0 Å². The van der Waals surface area contributed by atoms with Crippen LogP contribution in [0.15, 0.2) is 36.4 Å². The van der Waals surface area contributed by atoms with Gasteiger partial charge in [-0.3, -0.25) is 0 Å². The van der Waals surface area contributed by atoms with Crippen molar-refractivity contribution in [3.8, 4) is 0 Å². The molecule has 1 heterocycles. The number of ether oxygens (including phenoxy) is 1. The molecule has 0 saturated carbocycles. The molecule has 0 amide bonds. The van der Waals surface area contributed by atoms with Crippen LogP contribution in [-0.4, -0.2) is 13.2 Å². The van der Waals surface area contributed by atoms with Crippen LogP contribution in [0.25, 0.3) is 5.57 Å². The molecule has 11 heavy (non-hydrogen) atoms. The van der Waals surface area contributed by atoms with Gasteiger partial charge in [0.05, 0.1) is 13.2 Å². The first-order valence-corrected chi connectivity index (χ1v) is 3.79. The summed E-state index contributed by atoms with van der Waals surface area (Å²) in [4.78, 5) is 0. The Balaban J connectivity index is 2.29. The van der Waals surface area contributed by atoms with Gasteiger partial charge in [0.1, 0.15) is 0 Å². The molecule has 1 heteroatoms. The largest absolute Gasteiger partial charge is 0.373 e. The molecular weight excluding hydrogens is 136 g/mol. The Hall–Kier alpha value is -1.08. The minimum atomic E-state index is 0.768. The fourth-order valence-electron chi connectivity index (χ4n) is 1.24. The Bertz CT molecular complexity index is 261. The highest BCUT2D eigenvalue weighted by molar-refractivity contribution is 5.67. The highest BCUT2D eigenvalue weighted by atomic mass is 16.5. The van der Waals surface area contributed by atoms with E-state index in [1.165, 1.54) is 11.1 Å². The van der Waals surface area contributed by atoms with Crippen molar-refractivity contribution in [2.45, 2.75) is 0 Å². The lowest BCUT2D eigenvalue weighted by Crippen LogP contribution is -1.86. The molecule has 1 aliphatic heterocycles. The van der Waals surface area contributed by atoms with Crippen molar-refractivity contribution in [3.63, 3.8) is 0 Å². The molecule has 1 aromatic rings. The predicted molar refractivity (Wildman–Crippen MR) is 45.2 cm³/mol. The van der Waals surface area contributed by atoms with E-state index in [0.29, 0.717) is 0 Å². The molecule has 0 aromatic heterocycles. The number of benzene rings is 1. The molecule has 0 aliphatic carbocycles. The van der Waals surface area contributed by atoms with Gasteiger partial charge in [-0.25, -0.2) is 0 Å². The molecule has 0 N–H and O–H groups in total. The van der Waals surface area contributed by atoms with E-state index >= 15 is 0 Å². The molecule has 2 rings (SSSR count). The van der Waals surface area contributed by atoms with Crippen molar-refractivity contribution in [1.29, 1.82) is 0 Å². The Labute approximate surface area is 66.3 Å². The van der Waals surface area contributed by atoms with Crippen molar-refractivity contribution in [2.24, 2.45) is 0 Å². The van der Waals surface area contributed by atoms with E-state index in [4.69, 9.17) is 4.74 Å². The lowest BCUT2D eigenvalue weighted by molar-refractivity contribution is 0.216. The van der Waals surface area contributed by atoms with Crippen LogP contribution < -0.4 is 0 Å². The minimum Gasteiger partial charge on any atom is -0.373 e. The zero-order valence-electron chi connectivity index (χ0n) is 6.29. The van der Waals surface area contributed by atoms with E-state index < -0.39 is 0 Å². The summed E-state index contributed by atoms with van der Waals surface area (Å²) < 4.78 is 5.22. The summed E-state index contributed by atoms with van der Waals surface area (Å²) in [5.41, 5.74) is 2.59. The Morgan fingerprint density at radius 3 is 2.55 bits per heavy atom. The van der Waals surface area contributed by atoms with Crippen molar-refractivity contribution in [2.75, 3.05) is 13.2 Å². The lowest BCUT2D eigenvalue weighted by Gasteiger charge is -1.98. The average molecular weight is 146 g/mol. The van der Waals surface area contributed by atoms with Crippen molar-refractivity contribution >= 4 is 5.57 Å². The summed E-state index contributed by atoms with van der Waals surface area (Å²) in [6, 6.07) is 10.4. The maximum Gasteiger partial charge on any atom is 0.0724 e. The standard InChI is InChI=1S/C10H10O/c1-2-4-9(5-3-1)10-6-7-11-8-10/h1-6H,7-8H2. The van der Waals surface area contributed by atoms with Crippen LogP contribution >= 0.6 is 0 Å². The van der Waals surface area contributed by atoms with Crippen molar-refractivity contribution in [3.05, 3.63) is 42.0 Å². The Morgan fingerprint density at radius 1 is 1.09 bits per heavy atom. The molecule has 1 nitrogen and oxygen atoms in total. The van der Waals surface area contributed by atoms with Crippen LogP contribution in [0.2, 0.25) is 0 Å². The summed E-state index contributed by atoms with van der Waals surface area (Å²) in [7, 11) is 0. The smallest absolute Gasteiger partial charge is 0.0724 e. The van der Waals surface area contributed by atoms with Crippen LogP contribution in [-0.2, 0) is 4.74 Å². The van der Waals surface area contributed by atoms with Gasteiger partial charge in [-0.1, -0.05) is 36.4 Å². The summed E-state index contributed by atoms with van der Waals surface area (Å²) in [6.07, 6.45) is 2.13. The van der Waals surface area contributed by atoms with Crippen LogP contribution in [0.1, 0.15) is 5.56 Å². The van der Waals surface area contributed by atoms with Crippen LogP contribution in [0, 0.1) is 0 Å². The molecule has 1 aliphatic rings. The van der Waals surface area contributed by atoms with Gasteiger partial charge in [0.25, 0.3) is 0 Å². The molecule has 0 atom stereocenters. The van der Waals surface area contributed by atoms with E-state index in [1.54, 1.807) is 0 Å². The Morgan fingerprint density at radius 2 is 1.91 bits per heavy atom. The fraction of sp³-hybridized carbons (Fsp3) is 0.200. The number of hydrogen-bond acceptors (Lipinski definition) is 1. The first kappa shape index (κ1) is 6.62. The van der Waals surface area contributed by atoms with E-state index in [1.807, 2.05) is 6.07 Å². The SMILES string of the molecule is C1=C(c2ccccc2)COC1. The second-order valence-electron chi connectivity index (χ2n) is 2.61. The summed E-state index contributed by atoms with van der Waals surface area (Å²) in [6.45, 7) is 1.54. The van der Waals surface area contributed by atoms with E-state index in [0.717, 1.165) is 13.2 Å². The van der Waals surface area contributed by atoms with Crippen LogP contribution in [0.4, 0.5) is 0 Å². The summed E-state index contributed by atoms with van der Waals surface area (Å²) in [5.74, 6) is 0. The van der Waals surface area contributed by atoms with Gasteiger partial charge in [0.15, 0.2) is 0 Å². The predicted octanol–water partition coefficient (Wildman–Crippen LogP) is 2.10. The van der Waals surface area contributed by atoms with Crippen molar-refractivity contribution < 1.29 is 4.74 Å². The molecular formula is C10H10O. The van der Waals surface area contributed by atoms with Gasteiger partial charge in [-0.2, -0.15) is 0 Å². The third-order valence-corrected chi connectivity index (χ3v) is 1.85. The fourth-order valence-corrected chi connectivity index (χ4v) is 1.24. The number of hydrogen-bond donors (Lipinski definition) is 0. The van der Waals surface area contributed by atoms with Gasteiger partial charge in [-0.05, 0) is 11.1 Å². The van der Waals surface area contributed by atoms with Gasteiger partial charge in [0.2, 0.25) is 0 Å². The quantitative estimate of drug-likeness (QED) is 0.589. The molecule has 56 valence electrons. The maximum absolute atomic E-state index is 5.22. The van der Waals surface area contributed by atoms with Crippen molar-refractivity contribution in [1.82, 2.24) is 0 Å². The normalized spacial score (nSPS) is 16.5. The third kappa shape index (κ3) is 1.33. The summed E-state index contributed by atoms with van der Waals surface area (Å²) >= 11 is 0. The second kappa shape index (κ2) is 2.89. The number of rotatable bonds is 1. The third-order valence-electron chi connectivity index (χ3n) is 1.85. The van der Waals surface area contributed by atoms with E-state index in [-0.39, 0.29) is 0 Å². The maximum atomic E-state index is 5.22. The molecule has 1 aromatic carbocycles. The highest BCUT2D eigenvalue weighted by Crippen LogP contribution is 2.17. The van der Waals surface area contributed by atoms with Gasteiger partial charge < -0.3 is 4.74 Å². The van der Waals surface area contributed by atoms with Crippen LogP contribution in [0.3, 0.4) is 0 Å². The first-order chi connectivity index (χ1) is 5.47.